The molecule has 7 heteroatoms. The van der Waals surface area contributed by atoms with Crippen LogP contribution < -0.4 is 14.7 Å². The smallest absolute Gasteiger partial charge is 0.224 e. The quantitative estimate of drug-likeness (QED) is 0.814. The van der Waals surface area contributed by atoms with Crippen LogP contribution in [0.1, 0.15) is 5.56 Å². The summed E-state index contributed by atoms with van der Waals surface area (Å²) >= 11 is 0. The molecule has 0 radical (unpaired) electrons. The minimum Gasteiger partial charge on any atom is -0.360 e. The fourth-order valence-corrected chi connectivity index (χ4v) is 1.92. The van der Waals surface area contributed by atoms with Crippen molar-refractivity contribution < 1.29 is 0 Å². The average Bonchev–Trinajstić information content (AvgIpc) is 2.47. The van der Waals surface area contributed by atoms with Gasteiger partial charge < -0.3 is 14.7 Å². The van der Waals surface area contributed by atoms with Crippen LogP contribution >= 0.6 is 0 Å². The SMILES string of the molecule is CN(C)c1ncc(CN(C)c2nccnc2N(C)C)cn1. The van der Waals surface area contributed by atoms with E-state index in [1.807, 2.05) is 62.3 Å². The summed E-state index contributed by atoms with van der Waals surface area (Å²) in [6, 6.07) is 0. The lowest BCUT2D eigenvalue weighted by atomic mass is 10.3. The summed E-state index contributed by atoms with van der Waals surface area (Å²) in [5.41, 5.74) is 1.03. The zero-order chi connectivity index (χ0) is 15.4. The Labute approximate surface area is 125 Å². The highest BCUT2D eigenvalue weighted by Gasteiger charge is 2.12. The van der Waals surface area contributed by atoms with Crippen molar-refractivity contribution >= 4 is 17.6 Å². The third-order valence-electron chi connectivity index (χ3n) is 2.96. The maximum absolute atomic E-state index is 4.41. The summed E-state index contributed by atoms with van der Waals surface area (Å²) in [4.78, 5) is 23.3. The van der Waals surface area contributed by atoms with Crippen molar-refractivity contribution in [3.8, 4) is 0 Å². The molecule has 2 aromatic rings. The molecule has 2 aromatic heterocycles. The van der Waals surface area contributed by atoms with E-state index < -0.39 is 0 Å². The van der Waals surface area contributed by atoms with Crippen LogP contribution in [0.4, 0.5) is 17.6 Å². The Morgan fingerprint density at radius 1 is 0.762 bits per heavy atom. The molecule has 2 heterocycles. The number of rotatable bonds is 5. The van der Waals surface area contributed by atoms with Gasteiger partial charge in [-0.15, -0.1) is 0 Å². The third-order valence-corrected chi connectivity index (χ3v) is 2.96. The first-order chi connectivity index (χ1) is 9.99. The first-order valence-electron chi connectivity index (χ1n) is 6.66. The van der Waals surface area contributed by atoms with Gasteiger partial charge in [-0.3, -0.25) is 0 Å². The normalized spacial score (nSPS) is 10.3. The van der Waals surface area contributed by atoms with Gasteiger partial charge in [-0.05, 0) is 0 Å². The highest BCUT2D eigenvalue weighted by atomic mass is 15.2. The van der Waals surface area contributed by atoms with E-state index in [9.17, 15) is 0 Å². The van der Waals surface area contributed by atoms with Gasteiger partial charge in [0.15, 0.2) is 11.6 Å². The van der Waals surface area contributed by atoms with E-state index in [-0.39, 0.29) is 0 Å². The fourth-order valence-electron chi connectivity index (χ4n) is 1.92. The van der Waals surface area contributed by atoms with Crippen LogP contribution in [0.5, 0.6) is 0 Å². The number of anilines is 3. The summed E-state index contributed by atoms with van der Waals surface area (Å²) in [6.07, 6.45) is 7.07. The van der Waals surface area contributed by atoms with Gasteiger partial charge in [-0.2, -0.15) is 0 Å². The van der Waals surface area contributed by atoms with Gasteiger partial charge in [0.2, 0.25) is 5.95 Å². The summed E-state index contributed by atoms with van der Waals surface area (Å²) in [5, 5.41) is 0. The van der Waals surface area contributed by atoms with Gasteiger partial charge in [-0.25, -0.2) is 19.9 Å². The predicted molar refractivity (Wildman–Crippen MR) is 84.8 cm³/mol. The molecular formula is C14H21N7. The molecule has 0 aliphatic rings. The van der Waals surface area contributed by atoms with E-state index in [2.05, 4.69) is 19.9 Å². The largest absolute Gasteiger partial charge is 0.360 e. The zero-order valence-electron chi connectivity index (χ0n) is 13.1. The molecule has 0 bridgehead atoms. The Balaban J connectivity index is 2.16. The Morgan fingerprint density at radius 3 is 1.86 bits per heavy atom. The van der Waals surface area contributed by atoms with Crippen molar-refractivity contribution in [3.63, 3.8) is 0 Å². The van der Waals surface area contributed by atoms with E-state index in [1.54, 1.807) is 12.4 Å². The summed E-state index contributed by atoms with van der Waals surface area (Å²) in [5.74, 6) is 2.37. The first kappa shape index (κ1) is 15.0. The molecule has 112 valence electrons. The molecule has 0 spiro atoms. The standard InChI is InChI=1S/C14H21N7/c1-19(2)12-13(16-7-6-15-12)21(5)10-11-8-17-14(18-9-11)20(3)4/h6-9H,10H2,1-5H3. The molecule has 0 atom stereocenters. The van der Waals surface area contributed by atoms with Gasteiger partial charge in [0.05, 0.1) is 0 Å². The van der Waals surface area contributed by atoms with Crippen LogP contribution in [-0.2, 0) is 6.54 Å². The lowest BCUT2D eigenvalue weighted by molar-refractivity contribution is 0.862. The van der Waals surface area contributed by atoms with Crippen molar-refractivity contribution in [1.82, 2.24) is 19.9 Å². The molecule has 0 aliphatic heterocycles. The van der Waals surface area contributed by atoms with Crippen LogP contribution in [0.3, 0.4) is 0 Å². The predicted octanol–water partition coefficient (Wildman–Crippen LogP) is 1.03. The average molecular weight is 287 g/mol. The van der Waals surface area contributed by atoms with Crippen molar-refractivity contribution in [2.75, 3.05) is 49.9 Å². The van der Waals surface area contributed by atoms with Crippen molar-refractivity contribution in [1.29, 1.82) is 0 Å². The fraction of sp³-hybridized carbons (Fsp3) is 0.429. The second kappa shape index (κ2) is 6.34. The third kappa shape index (κ3) is 3.56. The highest BCUT2D eigenvalue weighted by molar-refractivity contribution is 5.61. The second-order valence-electron chi connectivity index (χ2n) is 5.24. The molecule has 0 saturated heterocycles. The van der Waals surface area contributed by atoms with E-state index in [1.165, 1.54) is 0 Å². The van der Waals surface area contributed by atoms with Crippen LogP contribution in [-0.4, -0.2) is 55.2 Å². The van der Waals surface area contributed by atoms with E-state index in [4.69, 9.17) is 0 Å². The lowest BCUT2D eigenvalue weighted by Crippen LogP contribution is -2.23. The van der Waals surface area contributed by atoms with Gasteiger partial charge in [0.25, 0.3) is 0 Å². The molecule has 0 fully saturated rings. The summed E-state index contributed by atoms with van der Waals surface area (Å²) < 4.78 is 0. The number of hydrogen-bond acceptors (Lipinski definition) is 7. The molecule has 2 rings (SSSR count). The minimum absolute atomic E-state index is 0.674. The van der Waals surface area contributed by atoms with Crippen molar-refractivity contribution in [2.45, 2.75) is 6.54 Å². The maximum Gasteiger partial charge on any atom is 0.224 e. The van der Waals surface area contributed by atoms with Gasteiger partial charge in [0.1, 0.15) is 0 Å². The number of hydrogen-bond donors (Lipinski definition) is 0. The first-order valence-corrected chi connectivity index (χ1v) is 6.66. The minimum atomic E-state index is 0.674. The van der Waals surface area contributed by atoms with Crippen LogP contribution in [0.15, 0.2) is 24.8 Å². The second-order valence-corrected chi connectivity index (χ2v) is 5.24. The topological polar surface area (TPSA) is 61.3 Å². The Kier molecular flexibility index (Phi) is 4.52. The molecule has 0 saturated carbocycles. The lowest BCUT2D eigenvalue weighted by Gasteiger charge is -2.23. The van der Waals surface area contributed by atoms with Gasteiger partial charge >= 0.3 is 0 Å². The number of nitrogens with zero attached hydrogens (tertiary/aromatic N) is 7. The van der Waals surface area contributed by atoms with Crippen molar-refractivity contribution in [3.05, 3.63) is 30.4 Å². The zero-order valence-corrected chi connectivity index (χ0v) is 13.1. The molecule has 0 aliphatic carbocycles. The summed E-state index contributed by atoms with van der Waals surface area (Å²) in [7, 11) is 9.73. The molecule has 0 amide bonds. The molecule has 0 N–H and O–H groups in total. The Morgan fingerprint density at radius 2 is 1.33 bits per heavy atom. The van der Waals surface area contributed by atoms with E-state index in [0.29, 0.717) is 12.5 Å². The molecule has 7 nitrogen and oxygen atoms in total. The molecular weight excluding hydrogens is 266 g/mol. The van der Waals surface area contributed by atoms with E-state index >= 15 is 0 Å². The van der Waals surface area contributed by atoms with Gasteiger partial charge in [-0.1, -0.05) is 0 Å². The molecule has 21 heavy (non-hydrogen) atoms. The number of aromatic nitrogens is 4. The van der Waals surface area contributed by atoms with Crippen molar-refractivity contribution in [2.24, 2.45) is 0 Å². The van der Waals surface area contributed by atoms with E-state index in [0.717, 1.165) is 17.2 Å². The van der Waals surface area contributed by atoms with Crippen LogP contribution in [0.2, 0.25) is 0 Å². The monoisotopic (exact) mass is 287 g/mol. The maximum atomic E-state index is 4.41. The van der Waals surface area contributed by atoms with Gasteiger partial charge in [0, 0.05) is 72.1 Å². The molecule has 0 aromatic carbocycles. The Bertz CT molecular complexity index is 580. The van der Waals surface area contributed by atoms with Crippen LogP contribution in [0.25, 0.3) is 0 Å². The summed E-state index contributed by atoms with van der Waals surface area (Å²) in [6.45, 7) is 0.674. The Hall–Kier alpha value is -2.44. The van der Waals surface area contributed by atoms with Crippen LogP contribution in [0, 0.1) is 0 Å². The highest BCUT2D eigenvalue weighted by Crippen LogP contribution is 2.22. The molecule has 0 unspecified atom stereocenters.